The Labute approximate surface area is 49.3 Å². The molecule has 0 aromatic rings. The second-order valence-electron chi connectivity index (χ2n) is 1.68. The summed E-state index contributed by atoms with van der Waals surface area (Å²) in [6, 6.07) is -0.194. The largest absolute Gasteiger partial charge is 0.368 e. The Morgan fingerprint density at radius 2 is 2.38 bits per heavy atom. The molecular formula is C5H12N2O. The number of carbonyl (C=O) groups excluding carboxylic acids is 1. The molecule has 0 saturated carbocycles. The summed E-state index contributed by atoms with van der Waals surface area (Å²) in [6.07, 6.45) is 0. The van der Waals surface area contributed by atoms with E-state index in [-0.39, 0.29) is 11.9 Å². The molecule has 3 heteroatoms. The molecule has 0 aliphatic carbocycles. The van der Waals surface area contributed by atoms with Crippen LogP contribution in [0.25, 0.3) is 0 Å². The summed E-state index contributed by atoms with van der Waals surface area (Å²) in [5.41, 5.74) is 4.92. The minimum atomic E-state index is -0.299. The molecule has 0 spiro atoms. The van der Waals surface area contributed by atoms with Gasteiger partial charge in [0.2, 0.25) is 5.91 Å². The maximum Gasteiger partial charge on any atom is 0.234 e. The van der Waals surface area contributed by atoms with Crippen LogP contribution in [0.5, 0.6) is 0 Å². The van der Waals surface area contributed by atoms with Crippen LogP contribution in [-0.4, -0.2) is 18.5 Å². The maximum atomic E-state index is 10.2. The fraction of sp³-hybridized carbons (Fsp3) is 0.800. The molecule has 0 unspecified atom stereocenters. The Balaban J connectivity index is 3.32. The van der Waals surface area contributed by atoms with E-state index >= 15 is 0 Å². The number of nitrogens with two attached hydrogens (primary N) is 1. The maximum absolute atomic E-state index is 10.2. The monoisotopic (exact) mass is 116 g/mol. The Hall–Kier alpha value is -0.570. The van der Waals surface area contributed by atoms with E-state index in [1.807, 2.05) is 6.92 Å². The molecule has 3 N–H and O–H groups in total. The van der Waals surface area contributed by atoms with Crippen molar-refractivity contribution >= 4 is 5.91 Å². The van der Waals surface area contributed by atoms with Crippen LogP contribution >= 0.6 is 0 Å². The average Bonchev–Trinajstić information content (AvgIpc) is 1.67. The van der Waals surface area contributed by atoms with Crippen LogP contribution in [0.15, 0.2) is 0 Å². The summed E-state index contributed by atoms with van der Waals surface area (Å²) in [5.74, 6) is -0.299. The third-order valence-corrected chi connectivity index (χ3v) is 0.937. The van der Waals surface area contributed by atoms with Crippen molar-refractivity contribution in [2.75, 3.05) is 6.54 Å². The van der Waals surface area contributed by atoms with Gasteiger partial charge >= 0.3 is 0 Å². The molecule has 8 heavy (non-hydrogen) atoms. The molecule has 1 atom stereocenters. The van der Waals surface area contributed by atoms with Crippen molar-refractivity contribution in [3.63, 3.8) is 0 Å². The van der Waals surface area contributed by atoms with Gasteiger partial charge in [-0.3, -0.25) is 4.79 Å². The number of amides is 1. The molecule has 0 aromatic heterocycles. The number of hydrogen-bond acceptors (Lipinski definition) is 2. The first-order valence-electron chi connectivity index (χ1n) is 2.71. The summed E-state index contributed by atoms with van der Waals surface area (Å²) in [4.78, 5) is 10.2. The first-order valence-corrected chi connectivity index (χ1v) is 2.71. The lowest BCUT2D eigenvalue weighted by Gasteiger charge is -2.05. The fourth-order valence-corrected chi connectivity index (χ4v) is 0.407. The molecule has 48 valence electrons. The van der Waals surface area contributed by atoms with Gasteiger partial charge in [-0.2, -0.15) is 0 Å². The lowest BCUT2D eigenvalue weighted by Crippen LogP contribution is -2.38. The lowest BCUT2D eigenvalue weighted by atomic mass is 10.3. The van der Waals surface area contributed by atoms with E-state index in [1.165, 1.54) is 0 Å². The molecule has 0 bridgehead atoms. The van der Waals surface area contributed by atoms with Gasteiger partial charge in [0.25, 0.3) is 0 Å². The molecule has 0 saturated heterocycles. The lowest BCUT2D eigenvalue weighted by molar-refractivity contribution is -0.119. The van der Waals surface area contributed by atoms with Crippen molar-refractivity contribution in [2.45, 2.75) is 19.9 Å². The predicted molar refractivity (Wildman–Crippen MR) is 32.3 cm³/mol. The second kappa shape index (κ2) is 3.43. The summed E-state index contributed by atoms with van der Waals surface area (Å²) in [6.45, 7) is 4.45. The van der Waals surface area contributed by atoms with Gasteiger partial charge < -0.3 is 11.1 Å². The zero-order valence-corrected chi connectivity index (χ0v) is 5.27. The van der Waals surface area contributed by atoms with Gasteiger partial charge in [-0.25, -0.2) is 0 Å². The molecular weight excluding hydrogens is 104 g/mol. The minimum Gasteiger partial charge on any atom is -0.368 e. The summed E-state index contributed by atoms with van der Waals surface area (Å²) >= 11 is 0. The van der Waals surface area contributed by atoms with Crippen molar-refractivity contribution in [1.82, 2.24) is 5.32 Å². The molecule has 0 aliphatic heterocycles. The number of hydrogen-bond donors (Lipinski definition) is 2. The Bertz CT molecular complexity index is 82.5. The van der Waals surface area contributed by atoms with Crippen LogP contribution in [-0.2, 0) is 4.79 Å². The smallest absolute Gasteiger partial charge is 0.234 e. The van der Waals surface area contributed by atoms with Crippen molar-refractivity contribution in [3.05, 3.63) is 0 Å². The standard InChI is InChI=1S/C5H12N2O/c1-3-7-4(2)5(6)8/h4,7H,3H2,1-2H3,(H2,6,8)/t4-/m0/s1. The van der Waals surface area contributed by atoms with Gasteiger partial charge in [-0.05, 0) is 13.5 Å². The topological polar surface area (TPSA) is 55.1 Å². The third kappa shape index (κ3) is 2.58. The van der Waals surface area contributed by atoms with Crippen LogP contribution < -0.4 is 11.1 Å². The number of primary amides is 1. The molecule has 3 nitrogen and oxygen atoms in total. The van der Waals surface area contributed by atoms with Crippen LogP contribution in [0.2, 0.25) is 0 Å². The molecule has 0 aromatic carbocycles. The highest BCUT2D eigenvalue weighted by Gasteiger charge is 2.03. The first-order chi connectivity index (χ1) is 3.68. The van der Waals surface area contributed by atoms with E-state index in [0.29, 0.717) is 0 Å². The fourth-order valence-electron chi connectivity index (χ4n) is 0.407. The van der Waals surface area contributed by atoms with Crippen molar-refractivity contribution in [3.8, 4) is 0 Å². The Morgan fingerprint density at radius 3 is 2.50 bits per heavy atom. The SMILES string of the molecule is CCN[C@@H](C)C(N)=O. The quantitative estimate of drug-likeness (QED) is 0.520. The zero-order chi connectivity index (χ0) is 6.57. The van der Waals surface area contributed by atoms with Crippen molar-refractivity contribution in [1.29, 1.82) is 0 Å². The van der Waals surface area contributed by atoms with Gasteiger partial charge in [0, 0.05) is 0 Å². The predicted octanol–water partition coefficient (Wildman–Crippen LogP) is -0.530. The molecule has 1 amide bonds. The van der Waals surface area contributed by atoms with E-state index in [2.05, 4.69) is 5.32 Å². The minimum absolute atomic E-state index is 0.194. The Kier molecular flexibility index (Phi) is 3.19. The highest BCUT2D eigenvalue weighted by Crippen LogP contribution is 1.74. The number of rotatable bonds is 3. The molecule has 0 aliphatic rings. The molecule has 0 fully saturated rings. The van der Waals surface area contributed by atoms with E-state index in [9.17, 15) is 4.79 Å². The Morgan fingerprint density at radius 1 is 1.88 bits per heavy atom. The number of nitrogens with one attached hydrogen (secondary N) is 1. The van der Waals surface area contributed by atoms with Crippen molar-refractivity contribution in [2.24, 2.45) is 5.73 Å². The van der Waals surface area contributed by atoms with Gasteiger partial charge in [0.05, 0.1) is 6.04 Å². The highest BCUT2D eigenvalue weighted by molar-refractivity contribution is 5.79. The number of carbonyl (C=O) groups is 1. The summed E-state index contributed by atoms with van der Waals surface area (Å²) in [7, 11) is 0. The van der Waals surface area contributed by atoms with Gasteiger partial charge in [0.15, 0.2) is 0 Å². The van der Waals surface area contributed by atoms with Crippen LogP contribution in [0.3, 0.4) is 0 Å². The summed E-state index contributed by atoms with van der Waals surface area (Å²) in [5, 5.41) is 2.87. The van der Waals surface area contributed by atoms with E-state index < -0.39 is 0 Å². The van der Waals surface area contributed by atoms with E-state index in [0.717, 1.165) is 6.54 Å². The average molecular weight is 116 g/mol. The normalized spacial score (nSPS) is 13.2. The number of likely N-dealkylation sites (N-methyl/N-ethyl adjacent to an activating group) is 1. The van der Waals surface area contributed by atoms with Crippen LogP contribution in [0.1, 0.15) is 13.8 Å². The zero-order valence-electron chi connectivity index (χ0n) is 5.27. The van der Waals surface area contributed by atoms with Gasteiger partial charge in [-0.15, -0.1) is 0 Å². The molecule has 0 heterocycles. The molecule has 0 radical (unpaired) electrons. The van der Waals surface area contributed by atoms with Crippen LogP contribution in [0, 0.1) is 0 Å². The summed E-state index contributed by atoms with van der Waals surface area (Å²) < 4.78 is 0. The van der Waals surface area contributed by atoms with E-state index in [4.69, 9.17) is 5.73 Å². The first kappa shape index (κ1) is 7.43. The highest BCUT2D eigenvalue weighted by atomic mass is 16.1. The van der Waals surface area contributed by atoms with Gasteiger partial charge in [0.1, 0.15) is 0 Å². The van der Waals surface area contributed by atoms with Gasteiger partial charge in [-0.1, -0.05) is 6.92 Å². The molecule has 0 rings (SSSR count). The second-order valence-corrected chi connectivity index (χ2v) is 1.68. The van der Waals surface area contributed by atoms with E-state index in [1.54, 1.807) is 6.92 Å². The third-order valence-electron chi connectivity index (χ3n) is 0.937. The van der Waals surface area contributed by atoms with Crippen molar-refractivity contribution < 1.29 is 4.79 Å². The van der Waals surface area contributed by atoms with Crippen LogP contribution in [0.4, 0.5) is 0 Å².